The van der Waals surface area contributed by atoms with E-state index in [2.05, 4.69) is 20.8 Å². The number of rotatable bonds is 2. The van der Waals surface area contributed by atoms with E-state index in [-0.39, 0.29) is 29.5 Å². The molecule has 0 radical (unpaired) electrons. The second-order valence-electron chi connectivity index (χ2n) is 7.06. The normalized spacial score (nSPS) is 30.7. The molecule has 0 bridgehead atoms. The van der Waals surface area contributed by atoms with Gasteiger partial charge in [0.25, 0.3) is 0 Å². The minimum absolute atomic E-state index is 0.0163. The van der Waals surface area contributed by atoms with E-state index in [0.29, 0.717) is 12.6 Å². The summed E-state index contributed by atoms with van der Waals surface area (Å²) < 4.78 is 25.6. The molecule has 3 aliphatic rings. The summed E-state index contributed by atoms with van der Waals surface area (Å²) in [5, 5.41) is 0. The van der Waals surface area contributed by atoms with Crippen molar-refractivity contribution in [2.45, 2.75) is 43.8 Å². The average molecular weight is 413 g/mol. The molecule has 4 rings (SSSR count). The van der Waals surface area contributed by atoms with E-state index < -0.39 is 9.84 Å². The highest BCUT2D eigenvalue weighted by atomic mass is 79.9. The molecule has 1 amide bonds. The number of carbonyl (C=O) groups excluding carboxylic acids is 1. The SMILES string of the molecule is O=C1CN(C2CCCC2)[C@@H]2CS(=O)(=O)C[C@@H]2N1c1ccc(Br)cc1. The van der Waals surface area contributed by atoms with Crippen molar-refractivity contribution in [1.82, 2.24) is 4.90 Å². The zero-order valence-corrected chi connectivity index (χ0v) is 15.8. The summed E-state index contributed by atoms with van der Waals surface area (Å²) in [6, 6.07) is 7.58. The van der Waals surface area contributed by atoms with Crippen LogP contribution in [0.25, 0.3) is 0 Å². The highest BCUT2D eigenvalue weighted by Gasteiger charge is 2.51. The molecule has 5 nitrogen and oxygen atoms in total. The highest BCUT2D eigenvalue weighted by Crippen LogP contribution is 2.36. The first-order valence-electron chi connectivity index (χ1n) is 8.48. The number of sulfone groups is 1. The molecule has 1 saturated carbocycles. The van der Waals surface area contributed by atoms with Crippen molar-refractivity contribution in [3.8, 4) is 0 Å². The van der Waals surface area contributed by atoms with Crippen LogP contribution in [0.3, 0.4) is 0 Å². The van der Waals surface area contributed by atoms with E-state index in [4.69, 9.17) is 0 Å². The first-order chi connectivity index (χ1) is 11.4. The molecule has 1 aromatic carbocycles. The van der Waals surface area contributed by atoms with Crippen LogP contribution in [0.15, 0.2) is 28.7 Å². The van der Waals surface area contributed by atoms with Crippen molar-refractivity contribution in [2.75, 3.05) is 23.0 Å². The molecule has 2 atom stereocenters. The molecule has 2 aliphatic heterocycles. The van der Waals surface area contributed by atoms with Crippen molar-refractivity contribution in [2.24, 2.45) is 0 Å². The van der Waals surface area contributed by atoms with Gasteiger partial charge in [-0.2, -0.15) is 0 Å². The van der Waals surface area contributed by atoms with Crippen LogP contribution in [0, 0.1) is 0 Å². The number of anilines is 1. The Kier molecular flexibility index (Phi) is 4.21. The van der Waals surface area contributed by atoms with Gasteiger partial charge < -0.3 is 4.90 Å². The molecule has 1 aliphatic carbocycles. The number of piperazine rings is 1. The minimum atomic E-state index is -3.11. The highest BCUT2D eigenvalue weighted by molar-refractivity contribution is 9.10. The number of carbonyl (C=O) groups is 1. The third kappa shape index (κ3) is 2.91. The van der Waals surface area contributed by atoms with Crippen LogP contribution in [0.2, 0.25) is 0 Å². The second-order valence-corrected chi connectivity index (χ2v) is 10.1. The number of halogens is 1. The van der Waals surface area contributed by atoms with Crippen molar-refractivity contribution in [3.63, 3.8) is 0 Å². The van der Waals surface area contributed by atoms with Gasteiger partial charge >= 0.3 is 0 Å². The van der Waals surface area contributed by atoms with Gasteiger partial charge in [0.15, 0.2) is 9.84 Å². The lowest BCUT2D eigenvalue weighted by Crippen LogP contribution is -2.64. The van der Waals surface area contributed by atoms with Crippen molar-refractivity contribution < 1.29 is 13.2 Å². The Bertz CT molecular complexity index is 744. The van der Waals surface area contributed by atoms with Crippen LogP contribution in [-0.4, -0.2) is 55.4 Å². The van der Waals surface area contributed by atoms with Crippen LogP contribution < -0.4 is 4.90 Å². The molecule has 7 heteroatoms. The van der Waals surface area contributed by atoms with Gasteiger partial charge in [0.1, 0.15) is 0 Å². The van der Waals surface area contributed by atoms with Gasteiger partial charge in [0.2, 0.25) is 5.91 Å². The number of fused-ring (bicyclic) bond motifs is 1. The number of hydrogen-bond acceptors (Lipinski definition) is 4. The van der Waals surface area contributed by atoms with Crippen LogP contribution in [0.4, 0.5) is 5.69 Å². The fourth-order valence-electron chi connectivity index (χ4n) is 4.48. The molecule has 0 aromatic heterocycles. The topological polar surface area (TPSA) is 57.7 Å². The first kappa shape index (κ1) is 16.5. The average Bonchev–Trinajstić information content (AvgIpc) is 3.14. The van der Waals surface area contributed by atoms with Crippen molar-refractivity contribution >= 4 is 37.4 Å². The quantitative estimate of drug-likeness (QED) is 0.746. The van der Waals surface area contributed by atoms with Gasteiger partial charge in [0, 0.05) is 22.2 Å². The fourth-order valence-corrected chi connectivity index (χ4v) is 6.71. The van der Waals surface area contributed by atoms with Gasteiger partial charge in [0.05, 0.1) is 24.1 Å². The first-order valence-corrected chi connectivity index (χ1v) is 11.1. The minimum Gasteiger partial charge on any atom is -0.306 e. The molecule has 24 heavy (non-hydrogen) atoms. The maximum atomic E-state index is 12.9. The van der Waals surface area contributed by atoms with Gasteiger partial charge in [-0.1, -0.05) is 28.8 Å². The summed E-state index contributed by atoms with van der Waals surface area (Å²) in [5.74, 6) is 0.263. The zero-order chi connectivity index (χ0) is 16.9. The summed E-state index contributed by atoms with van der Waals surface area (Å²) in [6.07, 6.45) is 4.51. The lowest BCUT2D eigenvalue weighted by molar-refractivity contribution is -0.124. The molecule has 130 valence electrons. The zero-order valence-electron chi connectivity index (χ0n) is 13.4. The summed E-state index contributed by atoms with van der Waals surface area (Å²) in [5.41, 5.74) is 0.793. The largest absolute Gasteiger partial charge is 0.306 e. The number of benzene rings is 1. The molecule has 0 spiro atoms. The van der Waals surface area contributed by atoms with Crippen LogP contribution in [0.5, 0.6) is 0 Å². The van der Waals surface area contributed by atoms with Crippen molar-refractivity contribution in [1.29, 1.82) is 0 Å². The second kappa shape index (κ2) is 6.11. The summed E-state index contributed by atoms with van der Waals surface area (Å²) in [7, 11) is -3.11. The van der Waals surface area contributed by atoms with Crippen molar-refractivity contribution in [3.05, 3.63) is 28.7 Å². The summed E-state index contributed by atoms with van der Waals surface area (Å²) >= 11 is 3.41. The van der Waals surface area contributed by atoms with E-state index in [0.717, 1.165) is 23.0 Å². The Balaban J connectivity index is 1.70. The van der Waals surface area contributed by atoms with E-state index in [1.807, 2.05) is 24.3 Å². The smallest absolute Gasteiger partial charge is 0.241 e. The third-order valence-corrected chi connectivity index (χ3v) is 7.76. The standard InChI is InChI=1S/C17H21BrN2O3S/c18-12-5-7-14(8-6-12)20-16-11-24(22,23)10-15(16)19(9-17(20)21)13-3-1-2-4-13/h5-8,13,15-16H,1-4,9-11H2/t15-,16+/m1/s1. The summed E-state index contributed by atoms with van der Waals surface area (Å²) in [6.45, 7) is 0.331. The Morgan fingerprint density at radius 3 is 2.29 bits per heavy atom. The molecule has 3 fully saturated rings. The Hall–Kier alpha value is -0.920. The Morgan fingerprint density at radius 2 is 1.62 bits per heavy atom. The maximum Gasteiger partial charge on any atom is 0.241 e. The number of hydrogen-bond donors (Lipinski definition) is 0. The molecule has 0 N–H and O–H groups in total. The lowest BCUT2D eigenvalue weighted by Gasteiger charge is -2.46. The van der Waals surface area contributed by atoms with Crippen LogP contribution >= 0.6 is 15.9 Å². The van der Waals surface area contributed by atoms with Crippen LogP contribution in [-0.2, 0) is 14.6 Å². The predicted molar refractivity (Wildman–Crippen MR) is 96.8 cm³/mol. The van der Waals surface area contributed by atoms with E-state index >= 15 is 0 Å². The predicted octanol–water partition coefficient (Wildman–Crippen LogP) is 2.21. The van der Waals surface area contributed by atoms with E-state index in [1.54, 1.807) is 4.90 Å². The van der Waals surface area contributed by atoms with E-state index in [9.17, 15) is 13.2 Å². The lowest BCUT2D eigenvalue weighted by atomic mass is 10.00. The molecule has 2 saturated heterocycles. The maximum absolute atomic E-state index is 12.9. The molecular formula is C17H21BrN2O3S. The van der Waals surface area contributed by atoms with E-state index in [1.165, 1.54) is 12.8 Å². The third-order valence-electron chi connectivity index (χ3n) is 5.54. The molecule has 2 heterocycles. The number of amides is 1. The Labute approximate surface area is 151 Å². The van der Waals surface area contributed by atoms with Gasteiger partial charge in [-0.15, -0.1) is 0 Å². The van der Waals surface area contributed by atoms with Gasteiger partial charge in [-0.05, 0) is 37.1 Å². The van der Waals surface area contributed by atoms with Crippen LogP contribution in [0.1, 0.15) is 25.7 Å². The number of nitrogens with zero attached hydrogens (tertiary/aromatic N) is 2. The molecule has 1 aromatic rings. The fraction of sp³-hybridized carbons (Fsp3) is 0.588. The molecule has 0 unspecified atom stereocenters. The molecular weight excluding hydrogens is 392 g/mol. The summed E-state index contributed by atoms with van der Waals surface area (Å²) in [4.78, 5) is 16.8. The Morgan fingerprint density at radius 1 is 1.00 bits per heavy atom. The monoisotopic (exact) mass is 412 g/mol. The van der Waals surface area contributed by atoms with Gasteiger partial charge in [-0.3, -0.25) is 9.69 Å². The van der Waals surface area contributed by atoms with Gasteiger partial charge in [-0.25, -0.2) is 8.42 Å².